The monoisotopic (exact) mass is 494 g/mol. The minimum atomic E-state index is -0.629. The summed E-state index contributed by atoms with van der Waals surface area (Å²) in [6, 6.07) is 12.3. The zero-order valence-electron chi connectivity index (χ0n) is 21.3. The summed E-state index contributed by atoms with van der Waals surface area (Å²) < 4.78 is 10.4. The molecule has 1 N–H and O–H groups in total. The number of rotatable bonds is 10. The molecule has 8 heteroatoms. The lowest BCUT2D eigenvalue weighted by molar-refractivity contribution is -0.151. The first-order valence-corrected chi connectivity index (χ1v) is 12.4. The molecule has 0 aliphatic carbocycles. The first-order chi connectivity index (χ1) is 17.2. The molecule has 0 spiro atoms. The standard InChI is InChI=1S/C28H34N2O6/c1-5-19-8-7-9-20(6-2)26(19)30-15-22(14-25(30)32)28(34)36-17-24(31)29-23-12-10-21(11-13-23)27(33)35-16-18(3)4/h7-13,18,22H,5-6,14-17H2,1-4H3,(H,29,31)/t22-/m1/s1. The molecule has 1 aliphatic heterocycles. The largest absolute Gasteiger partial charge is 0.462 e. The summed E-state index contributed by atoms with van der Waals surface area (Å²) in [4.78, 5) is 51.4. The van der Waals surface area contributed by atoms with E-state index in [1.807, 2.05) is 45.9 Å². The van der Waals surface area contributed by atoms with Crippen LogP contribution in [0.2, 0.25) is 0 Å². The van der Waals surface area contributed by atoms with Gasteiger partial charge in [0.05, 0.1) is 18.1 Å². The molecule has 1 heterocycles. The van der Waals surface area contributed by atoms with Crippen molar-refractivity contribution in [3.63, 3.8) is 0 Å². The molecule has 2 amide bonds. The summed E-state index contributed by atoms with van der Waals surface area (Å²) in [6.45, 7) is 8.08. The smallest absolute Gasteiger partial charge is 0.338 e. The topological polar surface area (TPSA) is 102 Å². The van der Waals surface area contributed by atoms with Gasteiger partial charge in [-0.1, -0.05) is 45.9 Å². The molecule has 1 aliphatic rings. The number of nitrogens with one attached hydrogen (secondary N) is 1. The van der Waals surface area contributed by atoms with Crippen LogP contribution < -0.4 is 10.2 Å². The second kappa shape index (κ2) is 12.3. The Balaban J connectivity index is 1.52. The van der Waals surface area contributed by atoms with Gasteiger partial charge in [0.1, 0.15) is 0 Å². The van der Waals surface area contributed by atoms with Crippen LogP contribution in [0.15, 0.2) is 42.5 Å². The fourth-order valence-corrected chi connectivity index (χ4v) is 4.11. The number of hydrogen-bond donors (Lipinski definition) is 1. The second-order valence-corrected chi connectivity index (χ2v) is 9.26. The van der Waals surface area contributed by atoms with Gasteiger partial charge in [0, 0.05) is 24.3 Å². The summed E-state index contributed by atoms with van der Waals surface area (Å²) in [7, 11) is 0. The minimum Gasteiger partial charge on any atom is -0.462 e. The van der Waals surface area contributed by atoms with E-state index < -0.39 is 30.4 Å². The van der Waals surface area contributed by atoms with Crippen molar-refractivity contribution in [1.82, 2.24) is 0 Å². The van der Waals surface area contributed by atoms with Crippen LogP contribution in [0, 0.1) is 11.8 Å². The Morgan fingerprint density at radius 1 is 1.00 bits per heavy atom. The van der Waals surface area contributed by atoms with Crippen molar-refractivity contribution in [3.05, 3.63) is 59.2 Å². The molecule has 3 rings (SSSR count). The Bertz CT molecular complexity index is 1090. The molecule has 192 valence electrons. The zero-order valence-corrected chi connectivity index (χ0v) is 21.3. The van der Waals surface area contributed by atoms with Crippen LogP contribution in [0.3, 0.4) is 0 Å². The molecule has 0 radical (unpaired) electrons. The minimum absolute atomic E-state index is 0.0516. The maximum absolute atomic E-state index is 12.8. The molecule has 2 aromatic carbocycles. The Labute approximate surface area is 212 Å². The van der Waals surface area contributed by atoms with E-state index in [0.29, 0.717) is 17.9 Å². The first kappa shape index (κ1) is 26.9. The van der Waals surface area contributed by atoms with Gasteiger partial charge in [-0.05, 0) is 54.2 Å². The van der Waals surface area contributed by atoms with Crippen molar-refractivity contribution in [2.75, 3.05) is 30.0 Å². The number of anilines is 2. The SMILES string of the molecule is CCc1cccc(CC)c1N1C[C@H](C(=O)OCC(=O)Nc2ccc(C(=O)OCC(C)C)cc2)CC1=O. The van der Waals surface area contributed by atoms with Crippen molar-refractivity contribution in [2.24, 2.45) is 11.8 Å². The predicted octanol–water partition coefficient (Wildman–Crippen LogP) is 4.16. The van der Waals surface area contributed by atoms with E-state index >= 15 is 0 Å². The molecule has 0 saturated carbocycles. The van der Waals surface area contributed by atoms with E-state index in [9.17, 15) is 19.2 Å². The summed E-state index contributed by atoms with van der Waals surface area (Å²) >= 11 is 0. The maximum atomic E-state index is 12.8. The molecule has 1 atom stereocenters. The number of para-hydroxylation sites is 1. The highest BCUT2D eigenvalue weighted by atomic mass is 16.5. The van der Waals surface area contributed by atoms with Crippen LogP contribution in [0.5, 0.6) is 0 Å². The van der Waals surface area contributed by atoms with Gasteiger partial charge >= 0.3 is 11.9 Å². The summed E-state index contributed by atoms with van der Waals surface area (Å²) in [5, 5.41) is 2.63. The van der Waals surface area contributed by atoms with E-state index in [0.717, 1.165) is 29.7 Å². The quantitative estimate of drug-likeness (QED) is 0.498. The zero-order chi connectivity index (χ0) is 26.2. The molecule has 1 saturated heterocycles. The number of esters is 2. The maximum Gasteiger partial charge on any atom is 0.338 e. The van der Waals surface area contributed by atoms with Crippen molar-refractivity contribution in [3.8, 4) is 0 Å². The third-order valence-electron chi connectivity index (χ3n) is 5.99. The van der Waals surface area contributed by atoms with E-state index in [1.165, 1.54) is 0 Å². The number of benzene rings is 2. The summed E-state index contributed by atoms with van der Waals surface area (Å²) in [5.41, 5.74) is 3.86. The normalized spacial score (nSPS) is 15.2. The predicted molar refractivity (Wildman–Crippen MR) is 137 cm³/mol. The van der Waals surface area contributed by atoms with Gasteiger partial charge in [0.15, 0.2) is 6.61 Å². The average Bonchev–Trinajstić information content (AvgIpc) is 3.26. The molecule has 0 aromatic heterocycles. The molecule has 8 nitrogen and oxygen atoms in total. The van der Waals surface area contributed by atoms with Crippen molar-refractivity contribution < 1.29 is 28.7 Å². The molecular weight excluding hydrogens is 460 g/mol. The third kappa shape index (κ3) is 6.71. The van der Waals surface area contributed by atoms with E-state index in [-0.39, 0.29) is 24.8 Å². The number of hydrogen-bond acceptors (Lipinski definition) is 6. The van der Waals surface area contributed by atoms with Crippen LogP contribution in [0.4, 0.5) is 11.4 Å². The number of nitrogens with zero attached hydrogens (tertiary/aromatic N) is 1. The van der Waals surface area contributed by atoms with Gasteiger partial charge in [-0.15, -0.1) is 0 Å². The fourth-order valence-electron chi connectivity index (χ4n) is 4.11. The lowest BCUT2D eigenvalue weighted by Gasteiger charge is -2.23. The molecule has 0 bridgehead atoms. The van der Waals surface area contributed by atoms with Crippen molar-refractivity contribution >= 4 is 35.1 Å². The summed E-state index contributed by atoms with van der Waals surface area (Å²) in [6.07, 6.45) is 1.61. The van der Waals surface area contributed by atoms with Gasteiger partial charge in [-0.25, -0.2) is 4.79 Å². The van der Waals surface area contributed by atoms with E-state index in [1.54, 1.807) is 29.2 Å². The van der Waals surface area contributed by atoms with Gasteiger partial charge in [0.25, 0.3) is 5.91 Å². The molecule has 1 fully saturated rings. The van der Waals surface area contributed by atoms with E-state index in [4.69, 9.17) is 9.47 Å². The fraction of sp³-hybridized carbons (Fsp3) is 0.429. The average molecular weight is 495 g/mol. The number of carbonyl (C=O) groups is 4. The number of amides is 2. The van der Waals surface area contributed by atoms with E-state index in [2.05, 4.69) is 5.32 Å². The Kier molecular flexibility index (Phi) is 9.22. The van der Waals surface area contributed by atoms with Crippen LogP contribution in [-0.2, 0) is 36.7 Å². The number of carbonyl (C=O) groups excluding carboxylic acids is 4. The lowest BCUT2D eigenvalue weighted by Crippen LogP contribution is -2.29. The second-order valence-electron chi connectivity index (χ2n) is 9.26. The molecule has 36 heavy (non-hydrogen) atoms. The van der Waals surface area contributed by atoms with Gasteiger partial charge in [0.2, 0.25) is 5.91 Å². The van der Waals surface area contributed by atoms with Gasteiger partial charge < -0.3 is 19.7 Å². The molecular formula is C28H34N2O6. The van der Waals surface area contributed by atoms with Gasteiger partial charge in [-0.3, -0.25) is 14.4 Å². The highest BCUT2D eigenvalue weighted by molar-refractivity contribution is 6.01. The Hall–Kier alpha value is -3.68. The Morgan fingerprint density at radius 2 is 1.64 bits per heavy atom. The molecule has 0 unspecified atom stereocenters. The van der Waals surface area contributed by atoms with Gasteiger partial charge in [-0.2, -0.15) is 0 Å². The Morgan fingerprint density at radius 3 is 2.22 bits per heavy atom. The van der Waals surface area contributed by atoms with Crippen molar-refractivity contribution in [1.29, 1.82) is 0 Å². The lowest BCUT2D eigenvalue weighted by atomic mass is 10.0. The van der Waals surface area contributed by atoms with Crippen LogP contribution >= 0.6 is 0 Å². The van der Waals surface area contributed by atoms with Crippen LogP contribution in [0.1, 0.15) is 55.6 Å². The number of aryl methyl sites for hydroxylation is 2. The van der Waals surface area contributed by atoms with Crippen LogP contribution in [0.25, 0.3) is 0 Å². The van der Waals surface area contributed by atoms with Crippen molar-refractivity contribution in [2.45, 2.75) is 47.0 Å². The first-order valence-electron chi connectivity index (χ1n) is 12.4. The van der Waals surface area contributed by atoms with Crippen LogP contribution in [-0.4, -0.2) is 43.5 Å². The highest BCUT2D eigenvalue weighted by Crippen LogP contribution is 2.32. The number of ether oxygens (including phenoxy) is 2. The summed E-state index contributed by atoms with van der Waals surface area (Å²) in [5.74, 6) is -2.02. The third-order valence-corrected chi connectivity index (χ3v) is 5.99. The molecule has 2 aromatic rings. The highest BCUT2D eigenvalue weighted by Gasteiger charge is 2.37.